The van der Waals surface area contributed by atoms with Gasteiger partial charge in [-0.15, -0.1) is 0 Å². The quantitative estimate of drug-likeness (QED) is 0.857. The van der Waals surface area contributed by atoms with Crippen LogP contribution < -0.4 is 10.1 Å². The van der Waals surface area contributed by atoms with Crippen LogP contribution in [0.3, 0.4) is 0 Å². The van der Waals surface area contributed by atoms with Crippen molar-refractivity contribution < 1.29 is 4.74 Å². The molecule has 0 bridgehead atoms. The number of nitrogens with one attached hydrogen (secondary N) is 1. The van der Waals surface area contributed by atoms with E-state index in [9.17, 15) is 0 Å². The fourth-order valence-electron chi connectivity index (χ4n) is 1.90. The number of anilines is 1. The summed E-state index contributed by atoms with van der Waals surface area (Å²) in [4.78, 5) is 0. The molecule has 2 rings (SSSR count). The van der Waals surface area contributed by atoms with E-state index < -0.39 is 0 Å². The molecule has 0 heterocycles. The Balaban J connectivity index is 2.10. The molecule has 19 heavy (non-hydrogen) atoms. The lowest BCUT2D eigenvalue weighted by Crippen LogP contribution is -2.03. The maximum Gasteiger partial charge on any atom is 0.124 e. The van der Waals surface area contributed by atoms with E-state index in [2.05, 4.69) is 52.4 Å². The number of para-hydroxylation sites is 1. The number of hydrogen-bond donors (Lipinski definition) is 1. The lowest BCUT2D eigenvalue weighted by molar-refractivity contribution is 0.337. The molecule has 0 aliphatic heterocycles. The molecule has 3 heteroatoms. The molecule has 0 unspecified atom stereocenters. The molecule has 2 aromatic rings. The van der Waals surface area contributed by atoms with Crippen LogP contribution in [0.2, 0.25) is 0 Å². The van der Waals surface area contributed by atoms with Crippen LogP contribution in [0.1, 0.15) is 18.1 Å². The van der Waals surface area contributed by atoms with E-state index in [-0.39, 0.29) is 0 Å². The van der Waals surface area contributed by atoms with Crippen molar-refractivity contribution in [1.82, 2.24) is 0 Å². The molecule has 0 radical (unpaired) electrons. The monoisotopic (exact) mass is 319 g/mol. The summed E-state index contributed by atoms with van der Waals surface area (Å²) >= 11 is 3.58. The fraction of sp³-hybridized carbons (Fsp3) is 0.250. The molecule has 0 spiro atoms. The number of benzene rings is 2. The minimum Gasteiger partial charge on any atom is -0.494 e. The van der Waals surface area contributed by atoms with E-state index in [1.807, 2.05) is 25.1 Å². The number of rotatable bonds is 5. The molecule has 2 nitrogen and oxygen atoms in total. The minimum absolute atomic E-state index is 0.686. The average Bonchev–Trinajstić information content (AvgIpc) is 2.40. The van der Waals surface area contributed by atoms with Crippen molar-refractivity contribution in [3.63, 3.8) is 0 Å². The number of hydrogen-bond acceptors (Lipinski definition) is 2. The minimum atomic E-state index is 0.686. The molecule has 2 aromatic carbocycles. The summed E-state index contributed by atoms with van der Waals surface area (Å²) in [7, 11) is 0. The Morgan fingerprint density at radius 1 is 1.16 bits per heavy atom. The van der Waals surface area contributed by atoms with Crippen molar-refractivity contribution in [2.24, 2.45) is 0 Å². The maximum atomic E-state index is 5.62. The lowest BCUT2D eigenvalue weighted by Gasteiger charge is -2.13. The molecule has 0 aliphatic rings. The molecule has 0 saturated heterocycles. The molecule has 0 amide bonds. The first kappa shape index (κ1) is 13.9. The van der Waals surface area contributed by atoms with Crippen LogP contribution in [0.5, 0.6) is 5.75 Å². The van der Waals surface area contributed by atoms with Gasteiger partial charge in [-0.25, -0.2) is 0 Å². The van der Waals surface area contributed by atoms with E-state index in [1.165, 1.54) is 5.56 Å². The van der Waals surface area contributed by atoms with Crippen LogP contribution >= 0.6 is 15.9 Å². The molecule has 0 atom stereocenters. The first-order valence-electron chi connectivity index (χ1n) is 6.41. The van der Waals surface area contributed by atoms with Gasteiger partial charge in [0.1, 0.15) is 5.75 Å². The highest BCUT2D eigenvalue weighted by atomic mass is 79.9. The third-order valence-electron chi connectivity index (χ3n) is 2.87. The van der Waals surface area contributed by atoms with E-state index >= 15 is 0 Å². The second-order valence-electron chi connectivity index (χ2n) is 4.38. The van der Waals surface area contributed by atoms with Crippen molar-refractivity contribution in [2.75, 3.05) is 11.9 Å². The van der Waals surface area contributed by atoms with Gasteiger partial charge in [0.15, 0.2) is 0 Å². The third kappa shape index (κ3) is 3.74. The SMILES string of the molecule is CCOc1ccccc1CNc1ccc(C)cc1Br. The van der Waals surface area contributed by atoms with Crippen molar-refractivity contribution >= 4 is 21.6 Å². The smallest absolute Gasteiger partial charge is 0.124 e. The van der Waals surface area contributed by atoms with E-state index in [0.29, 0.717) is 6.61 Å². The van der Waals surface area contributed by atoms with Gasteiger partial charge in [-0.05, 0) is 53.5 Å². The van der Waals surface area contributed by atoms with Crippen molar-refractivity contribution in [1.29, 1.82) is 0 Å². The van der Waals surface area contributed by atoms with Crippen LogP contribution in [-0.4, -0.2) is 6.61 Å². The summed E-state index contributed by atoms with van der Waals surface area (Å²) in [5.41, 5.74) is 3.50. The predicted molar refractivity (Wildman–Crippen MR) is 83.8 cm³/mol. The molecular formula is C16H18BrNO. The highest BCUT2D eigenvalue weighted by molar-refractivity contribution is 9.10. The zero-order valence-electron chi connectivity index (χ0n) is 11.2. The molecule has 0 aliphatic carbocycles. The predicted octanol–water partition coefficient (Wildman–Crippen LogP) is 4.77. The van der Waals surface area contributed by atoms with Gasteiger partial charge in [0, 0.05) is 22.3 Å². The van der Waals surface area contributed by atoms with Gasteiger partial charge < -0.3 is 10.1 Å². The summed E-state index contributed by atoms with van der Waals surface area (Å²) in [6.45, 7) is 5.52. The molecule has 0 aromatic heterocycles. The molecule has 1 N–H and O–H groups in total. The second-order valence-corrected chi connectivity index (χ2v) is 5.23. The Labute approximate surface area is 122 Å². The van der Waals surface area contributed by atoms with Crippen LogP contribution in [0.15, 0.2) is 46.9 Å². The number of halogens is 1. The summed E-state index contributed by atoms with van der Waals surface area (Å²) in [6, 6.07) is 14.4. The Morgan fingerprint density at radius 2 is 1.95 bits per heavy atom. The molecule has 100 valence electrons. The van der Waals surface area contributed by atoms with Gasteiger partial charge in [0.2, 0.25) is 0 Å². The van der Waals surface area contributed by atoms with Gasteiger partial charge in [-0.3, -0.25) is 0 Å². The van der Waals surface area contributed by atoms with Gasteiger partial charge in [-0.2, -0.15) is 0 Å². The normalized spacial score (nSPS) is 10.3. The molecular weight excluding hydrogens is 302 g/mol. The highest BCUT2D eigenvalue weighted by Gasteiger charge is 2.04. The number of ether oxygens (including phenoxy) is 1. The van der Waals surface area contributed by atoms with Crippen LogP contribution in [0, 0.1) is 6.92 Å². The maximum absolute atomic E-state index is 5.62. The van der Waals surface area contributed by atoms with Gasteiger partial charge in [0.05, 0.1) is 6.61 Å². The zero-order chi connectivity index (χ0) is 13.7. The van der Waals surface area contributed by atoms with Crippen molar-refractivity contribution in [3.8, 4) is 5.75 Å². The summed E-state index contributed by atoms with van der Waals surface area (Å²) in [5, 5.41) is 3.43. The van der Waals surface area contributed by atoms with Crippen molar-refractivity contribution in [2.45, 2.75) is 20.4 Å². The van der Waals surface area contributed by atoms with Crippen LogP contribution in [-0.2, 0) is 6.54 Å². The Kier molecular flexibility index (Phi) is 4.86. The summed E-state index contributed by atoms with van der Waals surface area (Å²) < 4.78 is 6.71. The Bertz CT molecular complexity index is 554. The average molecular weight is 320 g/mol. The Hall–Kier alpha value is -1.48. The largest absolute Gasteiger partial charge is 0.494 e. The van der Waals surface area contributed by atoms with Crippen LogP contribution in [0.4, 0.5) is 5.69 Å². The molecule has 0 saturated carbocycles. The van der Waals surface area contributed by atoms with E-state index in [4.69, 9.17) is 4.74 Å². The second kappa shape index (κ2) is 6.62. The third-order valence-corrected chi connectivity index (χ3v) is 3.52. The van der Waals surface area contributed by atoms with Gasteiger partial charge in [-0.1, -0.05) is 24.3 Å². The van der Waals surface area contributed by atoms with Crippen molar-refractivity contribution in [3.05, 3.63) is 58.1 Å². The van der Waals surface area contributed by atoms with Gasteiger partial charge in [0.25, 0.3) is 0 Å². The summed E-state index contributed by atoms with van der Waals surface area (Å²) in [5.74, 6) is 0.945. The van der Waals surface area contributed by atoms with E-state index in [0.717, 1.165) is 28.0 Å². The first-order chi connectivity index (χ1) is 9.20. The Morgan fingerprint density at radius 3 is 2.68 bits per heavy atom. The fourth-order valence-corrected chi connectivity index (χ4v) is 2.53. The molecule has 0 fully saturated rings. The topological polar surface area (TPSA) is 21.3 Å². The van der Waals surface area contributed by atoms with E-state index in [1.54, 1.807) is 0 Å². The summed E-state index contributed by atoms with van der Waals surface area (Å²) in [6.07, 6.45) is 0. The number of aryl methyl sites for hydroxylation is 1. The highest BCUT2D eigenvalue weighted by Crippen LogP contribution is 2.25. The lowest BCUT2D eigenvalue weighted by atomic mass is 10.2. The first-order valence-corrected chi connectivity index (χ1v) is 7.20. The standard InChI is InChI=1S/C16H18BrNO/c1-3-19-16-7-5-4-6-13(16)11-18-15-9-8-12(2)10-14(15)17/h4-10,18H,3,11H2,1-2H3. The van der Waals surface area contributed by atoms with Gasteiger partial charge >= 0.3 is 0 Å². The van der Waals surface area contributed by atoms with Crippen LogP contribution in [0.25, 0.3) is 0 Å². The zero-order valence-corrected chi connectivity index (χ0v) is 12.8.